The van der Waals surface area contributed by atoms with Crippen LogP contribution >= 0.6 is 34.8 Å². The molecule has 12 rings (SSSR count). The molecule has 0 radical (unpaired) electrons. The minimum atomic E-state index is -0.515. The number of hydrogen-bond acceptors (Lipinski definition) is 23. The van der Waals surface area contributed by atoms with Gasteiger partial charge in [0.15, 0.2) is 21.3 Å². The second-order valence-corrected chi connectivity index (χ2v) is 31.2. The lowest BCUT2D eigenvalue weighted by atomic mass is 10.0. The highest BCUT2D eigenvalue weighted by atomic mass is 35.5. The Morgan fingerprint density at radius 1 is 0.467 bits per heavy atom. The van der Waals surface area contributed by atoms with Gasteiger partial charge in [-0.1, -0.05) is 53.7 Å². The zero-order valence-electron chi connectivity index (χ0n) is 63.5. The van der Waals surface area contributed by atoms with Gasteiger partial charge in [0.1, 0.15) is 17.0 Å². The van der Waals surface area contributed by atoms with E-state index in [9.17, 15) is 19.2 Å². The molecule has 0 saturated carbocycles. The van der Waals surface area contributed by atoms with Crippen molar-refractivity contribution in [1.29, 1.82) is 0 Å². The van der Waals surface area contributed by atoms with E-state index in [2.05, 4.69) is 130 Å². The number of amides is 1. The summed E-state index contributed by atoms with van der Waals surface area (Å²) in [6.07, 6.45) is 7.96. The number of unbranched alkanes of at least 4 members (excludes halogenated alkanes) is 4. The number of morpholine rings is 4. The van der Waals surface area contributed by atoms with E-state index in [-0.39, 0.29) is 83.3 Å². The van der Waals surface area contributed by atoms with Crippen LogP contribution in [-0.4, -0.2) is 179 Å². The quantitative estimate of drug-likeness (QED) is 0.0333. The van der Waals surface area contributed by atoms with Crippen LogP contribution < -0.4 is 41.3 Å². The summed E-state index contributed by atoms with van der Waals surface area (Å²) in [5, 5.41) is 10.2. The van der Waals surface area contributed by atoms with E-state index in [4.69, 9.17) is 83.9 Å². The van der Waals surface area contributed by atoms with E-state index in [1.165, 1.54) is 0 Å². The Kier molecular flexibility index (Phi) is 29.0. The molecule has 4 fully saturated rings. The van der Waals surface area contributed by atoms with Crippen LogP contribution in [0, 0.1) is 0 Å². The average Bonchev–Trinajstić information content (AvgIpc) is 0.815. The van der Waals surface area contributed by atoms with Gasteiger partial charge < -0.3 is 69.7 Å². The molecule has 5 aliphatic heterocycles. The summed E-state index contributed by atoms with van der Waals surface area (Å²) >= 11 is 18.2. The van der Waals surface area contributed by atoms with Crippen LogP contribution in [0.15, 0.2) is 72.8 Å². The number of ketones is 1. The number of anilines is 7. The SMILES string of the molecule is C[C@@H]1CN(c2ccc3c(c2)NC(=O)C(=O)C3)C[C@H](C)O1.C[C@@H]1CN(c2ccc3nc(CN)c(NCCCCCC(=O)OC(C)(C)C)nc3c2)C[C@H](C)O1.C[C@@H]1CN(c2ccc3nc(Cl)c(Cl)nc3c2)C[C@H](C)O1.C[C@@H]1CN(c2ccc3nc(Cl)c(NCCCCCC(=O)OC(C)(C)C)nc3c2)C[C@H](C)O1. The van der Waals surface area contributed by atoms with Gasteiger partial charge in [-0.05, 0) is 195 Å². The van der Waals surface area contributed by atoms with Crippen molar-refractivity contribution in [1.82, 2.24) is 29.9 Å². The average molecular weight is 1510 g/mol. The third kappa shape index (κ3) is 24.8. The smallest absolute Gasteiger partial charge is 0.306 e. The van der Waals surface area contributed by atoms with Gasteiger partial charge in [-0.3, -0.25) is 19.2 Å². The topological polar surface area (TPSA) is 276 Å². The van der Waals surface area contributed by atoms with Crippen molar-refractivity contribution in [3.8, 4) is 0 Å². The largest absolute Gasteiger partial charge is 0.460 e. The molecule has 7 aromatic rings. The summed E-state index contributed by atoms with van der Waals surface area (Å²) in [5.41, 5.74) is 16.7. The molecule has 0 bridgehead atoms. The second-order valence-electron chi connectivity index (χ2n) is 30.1. The number of carbonyl (C=O) groups is 4. The van der Waals surface area contributed by atoms with Crippen molar-refractivity contribution in [3.05, 3.63) is 99.5 Å². The van der Waals surface area contributed by atoms with Crippen molar-refractivity contribution in [3.63, 3.8) is 0 Å². The van der Waals surface area contributed by atoms with Crippen LogP contribution in [0.3, 0.4) is 0 Å². The molecule has 27 heteroatoms. The lowest BCUT2D eigenvalue weighted by Crippen LogP contribution is -2.45. The van der Waals surface area contributed by atoms with Gasteiger partial charge in [-0.25, -0.2) is 29.9 Å². The second kappa shape index (κ2) is 37.3. The maximum atomic E-state index is 11.8. The van der Waals surface area contributed by atoms with Crippen molar-refractivity contribution < 1.29 is 47.6 Å². The number of rotatable bonds is 19. The molecule has 8 atom stereocenters. The Bertz CT molecular complexity index is 4090. The Balaban J connectivity index is 0.000000166. The van der Waals surface area contributed by atoms with Gasteiger partial charge in [-0.15, -0.1) is 0 Å². The molecule has 8 heterocycles. The number of fused-ring (bicyclic) bond motifs is 4. The molecule has 5 aliphatic rings. The number of carbonyl (C=O) groups excluding carboxylic acids is 4. The van der Waals surface area contributed by atoms with Crippen molar-refractivity contribution >= 4 is 132 Å². The zero-order valence-corrected chi connectivity index (χ0v) is 65.7. The summed E-state index contributed by atoms with van der Waals surface area (Å²) in [6, 6.07) is 24.1. The number of esters is 2. The van der Waals surface area contributed by atoms with E-state index in [1.807, 2.05) is 90.1 Å². The van der Waals surface area contributed by atoms with Crippen LogP contribution in [-0.2, 0) is 60.6 Å². The lowest BCUT2D eigenvalue weighted by Gasteiger charge is -2.37. The molecule has 1 amide bonds. The van der Waals surface area contributed by atoms with Gasteiger partial charge in [0.25, 0.3) is 5.91 Å². The predicted octanol–water partition coefficient (Wildman–Crippen LogP) is 14.1. The van der Waals surface area contributed by atoms with Gasteiger partial charge in [0.05, 0.1) is 87.6 Å². The summed E-state index contributed by atoms with van der Waals surface area (Å²) in [4.78, 5) is 82.9. The first-order chi connectivity index (χ1) is 49.8. The first-order valence-electron chi connectivity index (χ1n) is 36.9. The number of ether oxygens (including phenoxy) is 6. The van der Waals surface area contributed by atoms with E-state index >= 15 is 0 Å². The van der Waals surface area contributed by atoms with E-state index < -0.39 is 17.1 Å². The number of Topliss-reactive ketones (excluding diaryl/α,β-unsaturated/α-hetero) is 1. The van der Waals surface area contributed by atoms with Gasteiger partial charge in [0, 0.05) is 120 Å². The van der Waals surface area contributed by atoms with E-state index in [1.54, 1.807) is 0 Å². The zero-order chi connectivity index (χ0) is 75.9. The first-order valence-corrected chi connectivity index (χ1v) is 38.0. The number of aromatic nitrogens is 6. The fourth-order valence-electron chi connectivity index (χ4n) is 13.5. The Morgan fingerprint density at radius 2 is 0.810 bits per heavy atom. The molecular formula is C78H107Cl3N14O10. The monoisotopic (exact) mass is 1500 g/mol. The normalized spacial score (nSPS) is 21.3. The third-order valence-electron chi connectivity index (χ3n) is 17.7. The molecule has 24 nitrogen and oxygen atoms in total. The van der Waals surface area contributed by atoms with Crippen LogP contribution in [0.25, 0.3) is 33.1 Å². The summed E-state index contributed by atoms with van der Waals surface area (Å²) in [6.45, 7) is 36.6. The lowest BCUT2D eigenvalue weighted by molar-refractivity contribution is -0.156. The minimum absolute atomic E-state index is 0.138. The number of halogens is 3. The van der Waals surface area contributed by atoms with Crippen LogP contribution in [0.4, 0.5) is 40.1 Å². The first kappa shape index (κ1) is 81.5. The molecule has 4 aromatic carbocycles. The summed E-state index contributed by atoms with van der Waals surface area (Å²) in [5.74, 6) is 0.150. The van der Waals surface area contributed by atoms with Gasteiger partial charge in [0.2, 0.25) is 5.78 Å². The van der Waals surface area contributed by atoms with Crippen LogP contribution in [0.1, 0.15) is 160 Å². The number of nitrogens with one attached hydrogen (secondary N) is 3. The highest BCUT2D eigenvalue weighted by Crippen LogP contribution is 2.33. The maximum absolute atomic E-state index is 11.8. The standard InChI is InChI=1S/C25H39N5O3.C24H35ClN4O3.C15H18N2O3.C14H15Cl2N3O/c1-17-15-30(16-18(2)32-17)19-10-11-20-21(13-19)29-24(22(14-26)28-20)27-12-8-6-7-9-23(31)33-25(3,4)5;1-16-14-29(15-17(2)31-16)18-10-11-19-20(13-18)28-23(22(25)27-19)26-12-8-6-7-9-21(30)32-24(3,4)5;1-9-7-17(8-10(2)20-9)12-4-3-11-5-14(18)15(19)16-13(11)6-12;1-8-6-19(7-9(2)20-8)10-3-4-11-12(5-10)18-14(16)13(15)17-11/h10-11,13,17-18H,6-9,12,14-16,26H2,1-5H3,(H,27,29);10-11,13,16-17H,6-9,12,14-15H2,1-5H3,(H,26,28);3-4,6,9-10H,5,7-8H2,1-2H3,(H,16,19);3-5,8-9H,6-7H2,1-2H3/t17-,18+;16-,17+;9-,10+;8-,9+. The molecular weight excluding hydrogens is 1400 g/mol. The number of benzene rings is 4. The number of nitrogens with two attached hydrogens (primary N) is 1. The molecule has 0 aliphatic carbocycles. The maximum Gasteiger partial charge on any atom is 0.306 e. The van der Waals surface area contributed by atoms with Crippen LogP contribution in [0.2, 0.25) is 15.5 Å². The fraction of sp³-hybridized carbons (Fsp3) is 0.564. The van der Waals surface area contributed by atoms with Crippen molar-refractivity contribution in [2.45, 2.75) is 221 Å². The number of nitrogens with zero attached hydrogens (tertiary/aromatic N) is 10. The molecule has 570 valence electrons. The summed E-state index contributed by atoms with van der Waals surface area (Å²) in [7, 11) is 0. The molecule has 105 heavy (non-hydrogen) atoms. The van der Waals surface area contributed by atoms with E-state index in [0.717, 1.165) is 176 Å². The Hall–Kier alpha value is -7.55. The van der Waals surface area contributed by atoms with Gasteiger partial charge in [-0.2, -0.15) is 0 Å². The molecule has 0 unspecified atom stereocenters. The Morgan fingerprint density at radius 3 is 1.21 bits per heavy atom. The molecule has 3 aromatic heterocycles. The Labute approximate surface area is 633 Å². The van der Waals surface area contributed by atoms with Crippen molar-refractivity contribution in [2.24, 2.45) is 5.73 Å². The van der Waals surface area contributed by atoms with E-state index in [0.29, 0.717) is 36.9 Å². The summed E-state index contributed by atoms with van der Waals surface area (Å²) < 4.78 is 33.9. The molecule has 4 saturated heterocycles. The predicted molar refractivity (Wildman–Crippen MR) is 420 cm³/mol. The van der Waals surface area contributed by atoms with Gasteiger partial charge >= 0.3 is 11.9 Å². The molecule has 0 spiro atoms. The molecule has 5 N–H and O–H groups in total. The minimum Gasteiger partial charge on any atom is -0.460 e. The third-order valence-corrected chi connectivity index (χ3v) is 18.6. The van der Waals surface area contributed by atoms with Crippen LogP contribution in [0.5, 0.6) is 0 Å². The number of hydrogen-bond donors (Lipinski definition) is 4. The highest BCUT2D eigenvalue weighted by molar-refractivity contribution is 6.42. The fourth-order valence-corrected chi connectivity index (χ4v) is 13.9. The van der Waals surface area contributed by atoms with Crippen molar-refractivity contribution in [2.75, 3.05) is 101 Å². The highest BCUT2D eigenvalue weighted by Gasteiger charge is 2.29.